The maximum absolute atomic E-state index is 4.31. The van der Waals surface area contributed by atoms with Crippen molar-refractivity contribution in [1.29, 1.82) is 0 Å². The summed E-state index contributed by atoms with van der Waals surface area (Å²) in [7, 11) is 1.83. The zero-order valence-electron chi connectivity index (χ0n) is 9.72. The second kappa shape index (κ2) is 3.74. The molecular weight excluding hydrogens is 208 g/mol. The van der Waals surface area contributed by atoms with E-state index in [1.54, 1.807) is 0 Å². The molecule has 1 saturated heterocycles. The fourth-order valence-electron chi connectivity index (χ4n) is 2.33. The van der Waals surface area contributed by atoms with Gasteiger partial charge in [0.2, 0.25) is 0 Å². The number of nitrogens with one attached hydrogen (secondary N) is 1. The number of rotatable bonds is 2. The van der Waals surface area contributed by atoms with Gasteiger partial charge in [-0.1, -0.05) is 60.7 Å². The Balaban J connectivity index is 2.14. The maximum Gasteiger partial charge on any atom is 0.147 e. The lowest BCUT2D eigenvalue weighted by atomic mass is 9.90. The smallest absolute Gasteiger partial charge is 0.147 e. The van der Waals surface area contributed by atoms with Crippen molar-refractivity contribution >= 4 is 5.84 Å². The largest absolute Gasteiger partial charge is 0.351 e. The molecule has 3 rings (SSSR count). The van der Waals surface area contributed by atoms with E-state index in [1.807, 2.05) is 19.2 Å². The zero-order chi connectivity index (χ0) is 11.7. The van der Waals surface area contributed by atoms with Crippen LogP contribution >= 0.6 is 0 Å². The van der Waals surface area contributed by atoms with Crippen molar-refractivity contribution in [2.75, 3.05) is 7.05 Å². The van der Waals surface area contributed by atoms with E-state index in [-0.39, 0.29) is 5.54 Å². The molecule has 17 heavy (non-hydrogen) atoms. The molecule has 0 spiro atoms. The Morgan fingerprint density at radius 1 is 0.824 bits per heavy atom. The molecule has 0 saturated carbocycles. The van der Waals surface area contributed by atoms with Gasteiger partial charge in [-0.2, -0.15) is 0 Å². The Morgan fingerprint density at radius 2 is 1.29 bits per heavy atom. The average Bonchev–Trinajstić information content (AvgIpc) is 3.17. The Kier molecular flexibility index (Phi) is 2.22. The third-order valence-corrected chi connectivity index (χ3v) is 3.24. The van der Waals surface area contributed by atoms with Crippen LogP contribution in [0.3, 0.4) is 0 Å². The molecule has 1 N–H and O–H groups in total. The second-order valence-corrected chi connectivity index (χ2v) is 4.18. The Morgan fingerprint density at radius 3 is 1.65 bits per heavy atom. The van der Waals surface area contributed by atoms with Crippen LogP contribution in [-0.4, -0.2) is 12.9 Å². The van der Waals surface area contributed by atoms with Crippen LogP contribution in [0.15, 0.2) is 65.7 Å². The standard InChI is InChI=1S/C15H14N2/c1-16-14-15(17-14,12-8-4-2-5-9-12)13-10-6-3-7-11-13/h2-11H,1H3,(H,16,17). The predicted molar refractivity (Wildman–Crippen MR) is 70.2 cm³/mol. The molecular formula is C15H14N2. The topological polar surface area (TPSA) is 34.3 Å². The molecule has 0 bridgehead atoms. The summed E-state index contributed by atoms with van der Waals surface area (Å²) in [4.78, 5) is 4.31. The number of nitrogens with zero attached hydrogens (tertiary/aromatic N) is 1. The minimum atomic E-state index is -0.197. The summed E-state index contributed by atoms with van der Waals surface area (Å²) in [6.45, 7) is 0. The lowest BCUT2D eigenvalue weighted by Crippen LogP contribution is -2.15. The summed E-state index contributed by atoms with van der Waals surface area (Å²) in [6, 6.07) is 20.9. The molecule has 0 atom stereocenters. The molecule has 2 aromatic rings. The highest BCUT2D eigenvalue weighted by Gasteiger charge is 2.53. The van der Waals surface area contributed by atoms with Gasteiger partial charge >= 0.3 is 0 Å². The highest BCUT2D eigenvalue weighted by molar-refractivity contribution is 6.10. The molecule has 0 aliphatic carbocycles. The predicted octanol–water partition coefficient (Wildman–Crippen LogP) is 2.56. The number of hydrogen-bond donors (Lipinski definition) is 1. The average molecular weight is 222 g/mol. The number of amidine groups is 1. The number of hydrogen-bond acceptors (Lipinski definition) is 1. The van der Waals surface area contributed by atoms with E-state index in [0.29, 0.717) is 0 Å². The molecule has 2 nitrogen and oxygen atoms in total. The number of aliphatic imine (C=N–C) groups is 1. The van der Waals surface area contributed by atoms with Crippen LogP contribution in [-0.2, 0) is 5.54 Å². The van der Waals surface area contributed by atoms with E-state index >= 15 is 0 Å². The van der Waals surface area contributed by atoms with E-state index < -0.39 is 0 Å². The van der Waals surface area contributed by atoms with Gasteiger partial charge in [-0.15, -0.1) is 0 Å². The molecule has 2 heteroatoms. The molecule has 0 aromatic heterocycles. The van der Waals surface area contributed by atoms with Gasteiger partial charge in [-0.25, -0.2) is 0 Å². The summed E-state index contributed by atoms with van der Waals surface area (Å²) in [6.07, 6.45) is 0. The first kappa shape index (κ1) is 10.1. The van der Waals surface area contributed by atoms with Gasteiger partial charge in [0.1, 0.15) is 11.4 Å². The SMILES string of the molecule is CN=C1NC1(c1ccccc1)c1ccccc1. The Hall–Kier alpha value is -2.09. The van der Waals surface area contributed by atoms with E-state index in [1.165, 1.54) is 11.1 Å². The first-order valence-electron chi connectivity index (χ1n) is 5.74. The zero-order valence-corrected chi connectivity index (χ0v) is 9.72. The van der Waals surface area contributed by atoms with Gasteiger partial charge in [0.05, 0.1) is 0 Å². The van der Waals surface area contributed by atoms with Gasteiger partial charge in [0, 0.05) is 7.05 Å². The summed E-state index contributed by atoms with van der Waals surface area (Å²) < 4.78 is 0. The third-order valence-electron chi connectivity index (χ3n) is 3.24. The monoisotopic (exact) mass is 222 g/mol. The van der Waals surface area contributed by atoms with Gasteiger partial charge in [0.25, 0.3) is 0 Å². The summed E-state index contributed by atoms with van der Waals surface area (Å²) >= 11 is 0. The van der Waals surface area contributed by atoms with Crippen LogP contribution in [0, 0.1) is 0 Å². The summed E-state index contributed by atoms with van der Waals surface area (Å²) in [5.41, 5.74) is 2.29. The van der Waals surface area contributed by atoms with Gasteiger partial charge in [-0.05, 0) is 11.1 Å². The van der Waals surface area contributed by atoms with Crippen LogP contribution in [0.5, 0.6) is 0 Å². The molecule has 84 valence electrons. The van der Waals surface area contributed by atoms with Crippen molar-refractivity contribution in [1.82, 2.24) is 5.32 Å². The maximum atomic E-state index is 4.31. The van der Waals surface area contributed by atoms with Crippen LogP contribution < -0.4 is 5.32 Å². The van der Waals surface area contributed by atoms with Crippen molar-refractivity contribution < 1.29 is 0 Å². The normalized spacial score (nSPS) is 18.8. The van der Waals surface area contributed by atoms with Gasteiger partial charge in [-0.3, -0.25) is 4.99 Å². The first-order chi connectivity index (χ1) is 8.38. The minimum Gasteiger partial charge on any atom is -0.351 e. The van der Waals surface area contributed by atoms with Crippen LogP contribution in [0.2, 0.25) is 0 Å². The van der Waals surface area contributed by atoms with Crippen molar-refractivity contribution in [3.8, 4) is 0 Å². The molecule has 0 unspecified atom stereocenters. The number of benzene rings is 2. The molecule has 0 amide bonds. The first-order valence-corrected chi connectivity index (χ1v) is 5.74. The van der Waals surface area contributed by atoms with E-state index in [9.17, 15) is 0 Å². The fourth-order valence-corrected chi connectivity index (χ4v) is 2.33. The lowest BCUT2D eigenvalue weighted by molar-refractivity contribution is 0.837. The molecule has 1 heterocycles. The molecule has 1 fully saturated rings. The molecule has 1 aliphatic rings. The van der Waals surface area contributed by atoms with Gasteiger partial charge < -0.3 is 5.32 Å². The van der Waals surface area contributed by atoms with Crippen molar-refractivity contribution in [2.45, 2.75) is 5.54 Å². The highest BCUT2D eigenvalue weighted by atomic mass is 15.3. The minimum absolute atomic E-state index is 0.197. The quantitative estimate of drug-likeness (QED) is 0.778. The van der Waals surface area contributed by atoms with Crippen LogP contribution in [0.1, 0.15) is 11.1 Å². The second-order valence-electron chi connectivity index (χ2n) is 4.18. The lowest BCUT2D eigenvalue weighted by Gasteiger charge is -2.12. The summed E-state index contributed by atoms with van der Waals surface area (Å²) in [5.74, 6) is 1.04. The summed E-state index contributed by atoms with van der Waals surface area (Å²) in [5, 5.41) is 3.41. The van der Waals surface area contributed by atoms with E-state index in [4.69, 9.17) is 0 Å². The van der Waals surface area contributed by atoms with Crippen LogP contribution in [0.4, 0.5) is 0 Å². The molecule has 2 aromatic carbocycles. The third kappa shape index (κ3) is 1.45. The Labute approximate surface area is 101 Å². The van der Waals surface area contributed by atoms with Gasteiger partial charge in [0.15, 0.2) is 0 Å². The van der Waals surface area contributed by atoms with Crippen molar-refractivity contribution in [3.63, 3.8) is 0 Å². The fraction of sp³-hybridized carbons (Fsp3) is 0.133. The highest BCUT2D eigenvalue weighted by Crippen LogP contribution is 2.40. The Bertz CT molecular complexity index is 504. The molecule has 1 aliphatic heterocycles. The van der Waals surface area contributed by atoms with E-state index in [2.05, 4.69) is 58.8 Å². The van der Waals surface area contributed by atoms with Crippen LogP contribution in [0.25, 0.3) is 0 Å². The van der Waals surface area contributed by atoms with Crippen molar-refractivity contribution in [3.05, 3.63) is 71.8 Å². The van der Waals surface area contributed by atoms with E-state index in [0.717, 1.165) is 5.84 Å². The van der Waals surface area contributed by atoms with Crippen molar-refractivity contribution in [2.24, 2.45) is 4.99 Å². The molecule has 0 radical (unpaired) electrons.